The number of carbonyl (C=O) groups excluding carboxylic acids is 1. The Labute approximate surface area is 109 Å². The molecule has 0 unspecified atom stereocenters. The van der Waals surface area contributed by atoms with Gasteiger partial charge in [0.2, 0.25) is 0 Å². The van der Waals surface area contributed by atoms with E-state index in [9.17, 15) is 4.79 Å². The Kier molecular flexibility index (Phi) is 7.05. The molecule has 0 aliphatic carbocycles. The van der Waals surface area contributed by atoms with Crippen molar-refractivity contribution in [2.75, 3.05) is 18.9 Å². The molecule has 0 aromatic heterocycles. The van der Waals surface area contributed by atoms with Gasteiger partial charge in [-0.15, -0.1) is 0 Å². The van der Waals surface area contributed by atoms with E-state index < -0.39 is 5.41 Å². The molecule has 0 bridgehead atoms. The van der Waals surface area contributed by atoms with Crippen LogP contribution in [0.2, 0.25) is 0 Å². The summed E-state index contributed by atoms with van der Waals surface area (Å²) in [7, 11) is 0. The maximum Gasteiger partial charge on any atom is 0.315 e. The van der Waals surface area contributed by atoms with E-state index in [0.717, 1.165) is 12.1 Å². The van der Waals surface area contributed by atoms with Crippen LogP contribution >= 0.6 is 0 Å². The Bertz CT molecular complexity index is 359. The number of hydrogen-bond acceptors (Lipinski definition) is 4. The molecule has 4 N–H and O–H groups in total. The van der Waals surface area contributed by atoms with Gasteiger partial charge in [-0.1, -0.05) is 19.1 Å². The predicted octanol–water partition coefficient (Wildman–Crippen LogP) is 2.07. The van der Waals surface area contributed by atoms with E-state index >= 15 is 0 Å². The van der Waals surface area contributed by atoms with Crippen LogP contribution in [0.4, 0.5) is 5.69 Å². The molecule has 0 heterocycles. The molecular weight excluding hydrogens is 228 g/mol. The second-order valence-electron chi connectivity index (χ2n) is 4.38. The average Bonchev–Trinajstić information content (AvgIpc) is 2.31. The third-order valence-corrected chi connectivity index (χ3v) is 2.42. The number of nitrogen functional groups attached to an aromatic ring is 1. The van der Waals surface area contributed by atoms with E-state index in [4.69, 9.17) is 16.2 Å². The first kappa shape index (κ1) is 16.4. The number of carbonyl (C=O) groups is 1. The molecule has 1 aromatic carbocycles. The van der Waals surface area contributed by atoms with Crippen LogP contribution in [-0.4, -0.2) is 19.1 Å². The number of esters is 1. The molecule has 0 amide bonds. The second kappa shape index (κ2) is 7.71. The Balaban J connectivity index is 0.000000873. The highest BCUT2D eigenvalue weighted by molar-refractivity contribution is 5.82. The van der Waals surface area contributed by atoms with Gasteiger partial charge in [0.05, 0.1) is 12.0 Å². The van der Waals surface area contributed by atoms with Crippen LogP contribution in [-0.2, 0) is 14.9 Å². The molecule has 0 atom stereocenters. The fourth-order valence-electron chi connectivity index (χ4n) is 1.33. The second-order valence-corrected chi connectivity index (χ2v) is 4.38. The van der Waals surface area contributed by atoms with Gasteiger partial charge in [-0.2, -0.15) is 0 Å². The molecule has 4 nitrogen and oxygen atoms in total. The molecular formula is C14H24N2O2. The Morgan fingerprint density at radius 1 is 1.22 bits per heavy atom. The normalized spacial score (nSPS) is 10.3. The lowest BCUT2D eigenvalue weighted by atomic mass is 9.85. The summed E-state index contributed by atoms with van der Waals surface area (Å²) in [5.74, 6) is -0.213. The molecule has 102 valence electrons. The van der Waals surface area contributed by atoms with Gasteiger partial charge in [-0.25, -0.2) is 0 Å². The van der Waals surface area contributed by atoms with E-state index in [1.54, 1.807) is 19.1 Å². The summed E-state index contributed by atoms with van der Waals surface area (Å²) >= 11 is 0. The number of anilines is 1. The lowest BCUT2D eigenvalue weighted by Crippen LogP contribution is -2.31. The molecule has 0 aliphatic heterocycles. The van der Waals surface area contributed by atoms with Gasteiger partial charge in [0.25, 0.3) is 0 Å². The van der Waals surface area contributed by atoms with Crippen molar-refractivity contribution in [1.82, 2.24) is 0 Å². The molecule has 0 fully saturated rings. The van der Waals surface area contributed by atoms with E-state index in [2.05, 4.69) is 0 Å². The topological polar surface area (TPSA) is 78.3 Å². The zero-order chi connectivity index (χ0) is 14.2. The molecule has 0 saturated carbocycles. The maximum atomic E-state index is 11.7. The first-order valence-electron chi connectivity index (χ1n) is 6.13. The van der Waals surface area contributed by atoms with Crippen molar-refractivity contribution in [1.29, 1.82) is 0 Å². The van der Waals surface area contributed by atoms with Crippen LogP contribution in [0.5, 0.6) is 0 Å². The molecule has 4 heteroatoms. The summed E-state index contributed by atoms with van der Waals surface area (Å²) in [5, 5.41) is 0. The Hall–Kier alpha value is -1.55. The number of benzene rings is 1. The summed E-state index contributed by atoms with van der Waals surface area (Å²) in [4.78, 5) is 11.7. The van der Waals surface area contributed by atoms with Crippen molar-refractivity contribution in [3.63, 3.8) is 0 Å². The van der Waals surface area contributed by atoms with Gasteiger partial charge >= 0.3 is 5.97 Å². The Morgan fingerprint density at radius 3 is 2.06 bits per heavy atom. The lowest BCUT2D eigenvalue weighted by molar-refractivity contribution is -0.148. The third-order valence-electron chi connectivity index (χ3n) is 2.42. The fourth-order valence-corrected chi connectivity index (χ4v) is 1.33. The smallest absolute Gasteiger partial charge is 0.315 e. The summed E-state index contributed by atoms with van der Waals surface area (Å²) in [6.45, 7) is 8.54. The summed E-state index contributed by atoms with van der Waals surface area (Å²) in [5.41, 5.74) is 11.4. The maximum absolute atomic E-state index is 11.7. The van der Waals surface area contributed by atoms with Gasteiger partial charge in [0, 0.05) is 5.69 Å². The molecule has 0 aliphatic rings. The third kappa shape index (κ3) is 4.75. The molecule has 18 heavy (non-hydrogen) atoms. The van der Waals surface area contributed by atoms with Crippen LogP contribution in [0.1, 0.15) is 33.3 Å². The van der Waals surface area contributed by atoms with Crippen LogP contribution in [0.25, 0.3) is 0 Å². The van der Waals surface area contributed by atoms with Crippen molar-refractivity contribution in [2.45, 2.75) is 33.1 Å². The van der Waals surface area contributed by atoms with Crippen LogP contribution in [0, 0.1) is 0 Å². The standard InChI is InChI=1S/C12H17NO2.C2H7N/c1-4-15-11(14)12(2,3)9-5-7-10(13)8-6-9;1-2-3/h5-8H,4,13H2,1-3H3;2-3H2,1H3. The minimum absolute atomic E-state index is 0.213. The molecule has 1 rings (SSSR count). The van der Waals surface area contributed by atoms with Gasteiger partial charge < -0.3 is 16.2 Å². The van der Waals surface area contributed by atoms with E-state index in [-0.39, 0.29) is 5.97 Å². The van der Waals surface area contributed by atoms with Gasteiger partial charge in [-0.05, 0) is 45.0 Å². The SMILES string of the molecule is CCN.CCOC(=O)C(C)(C)c1ccc(N)cc1. The zero-order valence-corrected chi connectivity index (χ0v) is 11.7. The van der Waals surface area contributed by atoms with Crippen molar-refractivity contribution in [3.8, 4) is 0 Å². The summed E-state index contributed by atoms with van der Waals surface area (Å²) in [6.07, 6.45) is 0. The number of hydrogen-bond donors (Lipinski definition) is 2. The highest BCUT2D eigenvalue weighted by Crippen LogP contribution is 2.25. The summed E-state index contributed by atoms with van der Waals surface area (Å²) < 4.78 is 5.02. The molecule has 0 saturated heterocycles. The van der Waals surface area contributed by atoms with Crippen molar-refractivity contribution >= 4 is 11.7 Å². The van der Waals surface area contributed by atoms with E-state index in [1.807, 2.05) is 32.9 Å². The van der Waals surface area contributed by atoms with E-state index in [0.29, 0.717) is 12.3 Å². The van der Waals surface area contributed by atoms with Crippen LogP contribution < -0.4 is 11.5 Å². The zero-order valence-electron chi connectivity index (χ0n) is 11.7. The molecule has 1 aromatic rings. The van der Waals surface area contributed by atoms with Crippen LogP contribution in [0.3, 0.4) is 0 Å². The first-order chi connectivity index (χ1) is 8.39. The van der Waals surface area contributed by atoms with Gasteiger partial charge in [0.1, 0.15) is 0 Å². The van der Waals surface area contributed by atoms with Gasteiger partial charge in [0.15, 0.2) is 0 Å². The molecule has 0 radical (unpaired) electrons. The Morgan fingerprint density at radius 2 is 1.67 bits per heavy atom. The highest BCUT2D eigenvalue weighted by Gasteiger charge is 2.30. The van der Waals surface area contributed by atoms with Crippen molar-refractivity contribution < 1.29 is 9.53 Å². The van der Waals surface area contributed by atoms with E-state index in [1.165, 1.54) is 0 Å². The molecule has 0 spiro atoms. The largest absolute Gasteiger partial charge is 0.465 e. The van der Waals surface area contributed by atoms with Crippen molar-refractivity contribution in [3.05, 3.63) is 29.8 Å². The fraction of sp³-hybridized carbons (Fsp3) is 0.500. The predicted molar refractivity (Wildman–Crippen MR) is 75.2 cm³/mol. The number of nitrogens with two attached hydrogens (primary N) is 2. The number of rotatable bonds is 3. The minimum Gasteiger partial charge on any atom is -0.465 e. The number of ether oxygens (including phenoxy) is 1. The highest BCUT2D eigenvalue weighted by atomic mass is 16.5. The summed E-state index contributed by atoms with van der Waals surface area (Å²) in [6, 6.07) is 7.28. The first-order valence-corrected chi connectivity index (χ1v) is 6.13. The quantitative estimate of drug-likeness (QED) is 0.637. The van der Waals surface area contributed by atoms with Crippen molar-refractivity contribution in [2.24, 2.45) is 5.73 Å². The monoisotopic (exact) mass is 252 g/mol. The van der Waals surface area contributed by atoms with Gasteiger partial charge in [-0.3, -0.25) is 4.79 Å². The average molecular weight is 252 g/mol. The minimum atomic E-state index is -0.621. The lowest BCUT2D eigenvalue weighted by Gasteiger charge is -2.22. The van der Waals surface area contributed by atoms with Crippen LogP contribution in [0.15, 0.2) is 24.3 Å².